The molecule has 2 aliphatic heterocycles. The summed E-state index contributed by atoms with van der Waals surface area (Å²) in [6.07, 6.45) is 0.278. The Bertz CT molecular complexity index is 1210. The molecule has 4 heterocycles. The molecule has 9 nitrogen and oxygen atoms in total. The van der Waals surface area contributed by atoms with Gasteiger partial charge in [0.1, 0.15) is 12.2 Å². The summed E-state index contributed by atoms with van der Waals surface area (Å²) in [4.78, 5) is 19.0. The van der Waals surface area contributed by atoms with E-state index >= 15 is 0 Å². The van der Waals surface area contributed by atoms with Gasteiger partial charge in [-0.3, -0.25) is 9.78 Å². The summed E-state index contributed by atoms with van der Waals surface area (Å²) in [7, 11) is 0. The summed E-state index contributed by atoms with van der Waals surface area (Å²) in [5.74, 6) is -0.235. The first-order valence-electron chi connectivity index (χ1n) is 12.8. The van der Waals surface area contributed by atoms with Crippen molar-refractivity contribution in [1.29, 1.82) is 0 Å². The number of nitrogens with zero attached hydrogens (tertiary/aromatic N) is 6. The van der Waals surface area contributed by atoms with Gasteiger partial charge in [-0.05, 0) is 59.7 Å². The van der Waals surface area contributed by atoms with Gasteiger partial charge in [0, 0.05) is 37.3 Å². The standard InChI is InChI=1S/C26H30F3N7O2/c27-26(28,29)16-36-24(32-33-34-36)19-10-12-35(13-11-19)25(38)22-8-6-17(15-30-22)14-20-7-9-21(31-20)23(37)18-4-2-1-3-5-18/h1-6,8,15,19-21,23,31,37H,7,9-14,16H2/t20-,21+,23+/m0/s1. The summed E-state index contributed by atoms with van der Waals surface area (Å²) in [5.41, 5.74) is 2.24. The fourth-order valence-electron chi connectivity index (χ4n) is 5.39. The van der Waals surface area contributed by atoms with E-state index in [-0.39, 0.29) is 29.7 Å². The minimum absolute atomic E-state index is 0.00257. The number of aliphatic hydroxyl groups excluding tert-OH is 1. The number of carbonyl (C=O) groups is 1. The smallest absolute Gasteiger partial charge is 0.387 e. The number of alkyl halides is 3. The molecule has 1 amide bonds. The first kappa shape index (κ1) is 26.2. The number of nitrogens with one attached hydrogen (secondary N) is 1. The maximum Gasteiger partial charge on any atom is 0.408 e. The summed E-state index contributed by atoms with van der Waals surface area (Å²) < 4.78 is 39.2. The minimum Gasteiger partial charge on any atom is -0.387 e. The fraction of sp³-hybridized carbons (Fsp3) is 0.500. The first-order chi connectivity index (χ1) is 18.3. The summed E-state index contributed by atoms with van der Waals surface area (Å²) >= 11 is 0. The molecule has 38 heavy (non-hydrogen) atoms. The highest BCUT2D eigenvalue weighted by Crippen LogP contribution is 2.29. The highest BCUT2D eigenvalue weighted by atomic mass is 19.4. The third kappa shape index (κ3) is 6.18. The lowest BCUT2D eigenvalue weighted by atomic mass is 9.95. The zero-order valence-corrected chi connectivity index (χ0v) is 20.8. The van der Waals surface area contributed by atoms with Gasteiger partial charge in [0.15, 0.2) is 5.82 Å². The average Bonchev–Trinajstić information content (AvgIpc) is 3.57. The number of amides is 1. The molecule has 0 spiro atoms. The molecule has 3 atom stereocenters. The molecule has 2 aliphatic rings. The Morgan fingerprint density at radius 2 is 1.84 bits per heavy atom. The second kappa shape index (κ2) is 11.2. The molecule has 5 rings (SSSR count). The zero-order valence-electron chi connectivity index (χ0n) is 20.8. The average molecular weight is 530 g/mol. The topological polar surface area (TPSA) is 109 Å². The minimum atomic E-state index is -4.41. The van der Waals surface area contributed by atoms with Gasteiger partial charge in [0.2, 0.25) is 0 Å². The lowest BCUT2D eigenvalue weighted by Crippen LogP contribution is -2.39. The number of tetrazole rings is 1. The Labute approximate surface area is 218 Å². The third-order valence-corrected chi connectivity index (χ3v) is 7.36. The number of piperidine rings is 1. The van der Waals surface area contributed by atoms with Crippen LogP contribution in [-0.2, 0) is 13.0 Å². The molecule has 0 radical (unpaired) electrons. The van der Waals surface area contributed by atoms with Gasteiger partial charge in [0.25, 0.3) is 5.91 Å². The van der Waals surface area contributed by atoms with Crippen molar-refractivity contribution in [3.8, 4) is 0 Å². The van der Waals surface area contributed by atoms with Gasteiger partial charge in [-0.15, -0.1) is 5.10 Å². The Hall–Kier alpha value is -3.38. The van der Waals surface area contributed by atoms with E-state index in [1.165, 1.54) is 0 Å². The van der Waals surface area contributed by atoms with Crippen molar-refractivity contribution in [3.63, 3.8) is 0 Å². The van der Waals surface area contributed by atoms with Crippen LogP contribution >= 0.6 is 0 Å². The van der Waals surface area contributed by atoms with E-state index in [4.69, 9.17) is 0 Å². The van der Waals surface area contributed by atoms with Crippen LogP contribution in [0.15, 0.2) is 48.7 Å². The van der Waals surface area contributed by atoms with Crippen LogP contribution in [-0.4, -0.2) is 72.5 Å². The van der Waals surface area contributed by atoms with E-state index in [9.17, 15) is 23.1 Å². The van der Waals surface area contributed by atoms with Gasteiger partial charge >= 0.3 is 6.18 Å². The van der Waals surface area contributed by atoms with E-state index in [1.54, 1.807) is 17.2 Å². The second-order valence-corrected chi connectivity index (χ2v) is 10.0. The molecule has 2 N–H and O–H groups in total. The Balaban J connectivity index is 1.12. The monoisotopic (exact) mass is 529 g/mol. The number of halogens is 3. The normalized spacial score (nSPS) is 21.5. The zero-order chi connectivity index (χ0) is 26.7. The predicted molar refractivity (Wildman–Crippen MR) is 131 cm³/mol. The van der Waals surface area contributed by atoms with E-state index in [1.807, 2.05) is 36.4 Å². The molecular formula is C26H30F3N7O2. The highest BCUT2D eigenvalue weighted by molar-refractivity contribution is 5.92. The van der Waals surface area contributed by atoms with Crippen LogP contribution in [0.5, 0.6) is 0 Å². The molecule has 2 saturated heterocycles. The number of carbonyl (C=O) groups excluding carboxylic acids is 1. The Morgan fingerprint density at radius 1 is 1.08 bits per heavy atom. The molecule has 0 bridgehead atoms. The summed E-state index contributed by atoms with van der Waals surface area (Å²) in [6, 6.07) is 13.5. The van der Waals surface area contributed by atoms with Crippen molar-refractivity contribution in [2.45, 2.75) is 68.9 Å². The number of hydrogen-bond acceptors (Lipinski definition) is 7. The number of benzene rings is 1. The molecule has 2 aromatic heterocycles. The fourth-order valence-corrected chi connectivity index (χ4v) is 5.39. The lowest BCUT2D eigenvalue weighted by molar-refractivity contribution is -0.143. The van der Waals surface area contributed by atoms with Gasteiger partial charge in [-0.25, -0.2) is 4.68 Å². The van der Waals surface area contributed by atoms with Crippen molar-refractivity contribution in [2.24, 2.45) is 0 Å². The maximum absolute atomic E-state index is 13.0. The van der Waals surface area contributed by atoms with Gasteiger partial charge in [-0.2, -0.15) is 13.2 Å². The Kier molecular flexibility index (Phi) is 7.70. The maximum atomic E-state index is 13.0. The SMILES string of the molecule is O=C(c1ccc(C[C@@H]2CC[C@H]([C@H](O)c3ccccc3)N2)cn1)N1CCC(c2nnnn2CC(F)(F)F)CC1. The third-order valence-electron chi connectivity index (χ3n) is 7.36. The second-order valence-electron chi connectivity index (χ2n) is 10.0. The molecule has 12 heteroatoms. The van der Waals surface area contributed by atoms with Crippen molar-refractivity contribution in [1.82, 2.24) is 35.4 Å². The van der Waals surface area contributed by atoms with Crippen LogP contribution in [0.4, 0.5) is 13.2 Å². The summed E-state index contributed by atoms with van der Waals surface area (Å²) in [5, 5.41) is 24.9. The molecule has 0 saturated carbocycles. The van der Waals surface area contributed by atoms with Crippen LogP contribution in [0, 0.1) is 0 Å². The molecular weight excluding hydrogens is 499 g/mol. The van der Waals surface area contributed by atoms with Crippen LogP contribution in [0.3, 0.4) is 0 Å². The molecule has 0 aliphatic carbocycles. The van der Waals surface area contributed by atoms with Crippen molar-refractivity contribution in [3.05, 3.63) is 71.3 Å². The van der Waals surface area contributed by atoms with Crippen LogP contribution in [0.25, 0.3) is 0 Å². The number of rotatable bonds is 7. The van der Waals surface area contributed by atoms with Crippen molar-refractivity contribution >= 4 is 5.91 Å². The largest absolute Gasteiger partial charge is 0.408 e. The van der Waals surface area contributed by atoms with E-state index in [2.05, 4.69) is 25.8 Å². The highest BCUT2D eigenvalue weighted by Gasteiger charge is 2.34. The lowest BCUT2D eigenvalue weighted by Gasteiger charge is -2.31. The van der Waals surface area contributed by atoms with Gasteiger partial charge in [-0.1, -0.05) is 36.4 Å². The number of aliphatic hydroxyl groups is 1. The van der Waals surface area contributed by atoms with Crippen LogP contribution in [0.2, 0.25) is 0 Å². The number of aromatic nitrogens is 5. The summed E-state index contributed by atoms with van der Waals surface area (Å²) in [6.45, 7) is -0.443. The van der Waals surface area contributed by atoms with Crippen molar-refractivity contribution in [2.75, 3.05) is 13.1 Å². The number of likely N-dealkylation sites (tertiary alicyclic amines) is 1. The van der Waals surface area contributed by atoms with Gasteiger partial charge < -0.3 is 15.3 Å². The van der Waals surface area contributed by atoms with Crippen LogP contribution in [0.1, 0.15) is 65.1 Å². The molecule has 202 valence electrons. The van der Waals surface area contributed by atoms with Crippen molar-refractivity contribution < 1.29 is 23.1 Å². The number of pyridine rings is 1. The first-order valence-corrected chi connectivity index (χ1v) is 12.8. The predicted octanol–water partition coefficient (Wildman–Crippen LogP) is 3.05. The van der Waals surface area contributed by atoms with E-state index in [0.717, 1.165) is 35.1 Å². The molecule has 1 aromatic carbocycles. The molecule has 0 unspecified atom stereocenters. The Morgan fingerprint density at radius 3 is 2.53 bits per heavy atom. The molecule has 2 fully saturated rings. The number of hydrogen-bond donors (Lipinski definition) is 2. The van der Waals surface area contributed by atoms with E-state index in [0.29, 0.717) is 31.6 Å². The molecule has 3 aromatic rings. The van der Waals surface area contributed by atoms with E-state index < -0.39 is 18.8 Å². The van der Waals surface area contributed by atoms with Crippen LogP contribution < -0.4 is 5.32 Å². The van der Waals surface area contributed by atoms with Gasteiger partial charge in [0.05, 0.1) is 6.10 Å². The quantitative estimate of drug-likeness (QED) is 0.484.